The fourth-order valence-corrected chi connectivity index (χ4v) is 10.5. The van der Waals surface area contributed by atoms with Gasteiger partial charge in [-0.1, -0.05) is 109 Å². The molecule has 19 heteroatoms. The molecule has 10 nitrogen and oxygen atoms in total. The van der Waals surface area contributed by atoms with E-state index in [1.165, 1.54) is 0 Å². The van der Waals surface area contributed by atoms with E-state index in [-0.39, 0.29) is 47.3 Å². The Hall–Kier alpha value is -1.87. The van der Waals surface area contributed by atoms with Crippen LogP contribution in [0.15, 0.2) is 60.3 Å². The maximum absolute atomic E-state index is 13.7. The summed E-state index contributed by atoms with van der Waals surface area (Å²) in [6, 6.07) is 0. The van der Waals surface area contributed by atoms with Gasteiger partial charge in [0.25, 0.3) is 0 Å². The lowest BCUT2D eigenvalue weighted by Crippen LogP contribution is -2.47. The zero-order valence-corrected chi connectivity index (χ0v) is 43.5. The van der Waals surface area contributed by atoms with Gasteiger partial charge in [-0.05, 0) is 81.2 Å². The van der Waals surface area contributed by atoms with Crippen molar-refractivity contribution in [1.82, 2.24) is 0 Å². The van der Waals surface area contributed by atoms with Crippen LogP contribution in [-0.2, 0) is 41.5 Å². The van der Waals surface area contributed by atoms with E-state index in [4.69, 9.17) is 23.1 Å². The second-order valence-corrected chi connectivity index (χ2v) is 32.0. The minimum Gasteiger partial charge on any atom is -0.458 e. The second kappa shape index (κ2) is 25.1. The molecular formula is C46H77F6O10PSi2. The van der Waals surface area contributed by atoms with E-state index in [0.717, 1.165) is 24.0 Å². The van der Waals surface area contributed by atoms with E-state index in [1.807, 2.05) is 59.0 Å². The minimum absolute atomic E-state index is 0.0141. The van der Waals surface area contributed by atoms with E-state index in [9.17, 15) is 40.8 Å². The molecule has 0 bridgehead atoms. The predicted molar refractivity (Wildman–Crippen MR) is 248 cm³/mol. The van der Waals surface area contributed by atoms with Crippen LogP contribution in [0.25, 0.3) is 0 Å². The highest BCUT2D eigenvalue weighted by Crippen LogP contribution is 2.50. The molecule has 2 heterocycles. The number of esters is 1. The van der Waals surface area contributed by atoms with Gasteiger partial charge in [0.2, 0.25) is 0 Å². The molecule has 0 aromatic heterocycles. The first-order valence-corrected chi connectivity index (χ1v) is 30.0. The molecule has 1 N–H and O–H groups in total. The lowest BCUT2D eigenvalue weighted by atomic mass is 9.91. The average Bonchev–Trinajstić information content (AvgIpc) is 3.13. The van der Waals surface area contributed by atoms with Gasteiger partial charge in [-0.25, -0.2) is 0 Å². The van der Waals surface area contributed by atoms with Crippen LogP contribution in [0.4, 0.5) is 26.3 Å². The summed E-state index contributed by atoms with van der Waals surface area (Å²) in [7, 11) is -10.5. The third-order valence-electron chi connectivity index (χ3n) is 12.1. The molecule has 7 atom stereocenters. The summed E-state index contributed by atoms with van der Waals surface area (Å²) in [5.41, 5.74) is 2.04. The minimum atomic E-state index is -5.35. The van der Waals surface area contributed by atoms with Crippen molar-refractivity contribution >= 4 is 30.2 Å². The molecule has 376 valence electrons. The first-order valence-electron chi connectivity index (χ1n) is 22.4. The molecule has 2 rings (SSSR count). The smallest absolute Gasteiger partial charge is 0.412 e. The van der Waals surface area contributed by atoms with Gasteiger partial charge < -0.3 is 28.2 Å². The summed E-state index contributed by atoms with van der Waals surface area (Å²) >= 11 is 0. The fourth-order valence-electron chi connectivity index (χ4n) is 6.61. The van der Waals surface area contributed by atoms with Crippen molar-refractivity contribution in [2.75, 3.05) is 32.6 Å². The number of carbonyl (C=O) groups excluding carboxylic acids is 1. The number of aliphatic hydroxyl groups is 1. The summed E-state index contributed by atoms with van der Waals surface area (Å²) in [6.45, 7) is 25.1. The Balaban J connectivity index is 2.57. The maximum atomic E-state index is 13.7. The van der Waals surface area contributed by atoms with E-state index in [2.05, 4.69) is 62.5 Å². The predicted octanol–water partition coefficient (Wildman–Crippen LogP) is 12.7. The van der Waals surface area contributed by atoms with Gasteiger partial charge in [0.15, 0.2) is 29.8 Å². The summed E-state index contributed by atoms with van der Waals surface area (Å²) < 4.78 is 133. The van der Waals surface area contributed by atoms with Crippen molar-refractivity contribution in [3.05, 3.63) is 60.3 Å². The molecule has 0 radical (unpaired) electrons. The molecular weight excluding hydrogens is 914 g/mol. The molecule has 1 unspecified atom stereocenters. The van der Waals surface area contributed by atoms with Crippen LogP contribution in [0.1, 0.15) is 100 Å². The van der Waals surface area contributed by atoms with Gasteiger partial charge in [0.1, 0.15) is 18.4 Å². The molecule has 0 saturated carbocycles. The van der Waals surface area contributed by atoms with Crippen LogP contribution < -0.4 is 0 Å². The molecule has 0 amide bonds. The first-order chi connectivity index (χ1) is 29.6. The first kappa shape index (κ1) is 59.3. The molecule has 0 aromatic rings. The van der Waals surface area contributed by atoms with Crippen LogP contribution >= 0.6 is 7.60 Å². The maximum Gasteiger partial charge on any atom is 0.412 e. The number of alkyl halides is 6. The number of aliphatic hydroxyl groups excluding tert-OH is 1. The number of rotatable bonds is 25. The van der Waals surface area contributed by atoms with E-state index < -0.39 is 80.2 Å². The van der Waals surface area contributed by atoms with Gasteiger partial charge in [-0.3, -0.25) is 18.4 Å². The Morgan fingerprint density at radius 1 is 0.954 bits per heavy atom. The number of hydrogen-bond donors (Lipinski definition) is 1. The Morgan fingerprint density at radius 2 is 1.54 bits per heavy atom. The van der Waals surface area contributed by atoms with Gasteiger partial charge in [-0.15, -0.1) is 0 Å². The van der Waals surface area contributed by atoms with Crippen LogP contribution in [0, 0.1) is 5.92 Å². The lowest BCUT2D eigenvalue weighted by molar-refractivity contribution is -0.167. The summed E-state index contributed by atoms with van der Waals surface area (Å²) in [4.78, 5) is 13.7. The molecule has 0 saturated heterocycles. The number of ether oxygens (including phenoxy) is 3. The largest absolute Gasteiger partial charge is 0.458 e. The Bertz CT molecular complexity index is 1660. The van der Waals surface area contributed by atoms with Gasteiger partial charge in [0.05, 0.1) is 31.0 Å². The number of halogens is 6. The van der Waals surface area contributed by atoms with Crippen molar-refractivity contribution in [2.45, 2.75) is 186 Å². The number of hydrogen-bond acceptors (Lipinski definition) is 10. The number of carbonyl (C=O) groups is 1. The Morgan fingerprint density at radius 3 is 2.08 bits per heavy atom. The van der Waals surface area contributed by atoms with Crippen molar-refractivity contribution in [1.29, 1.82) is 0 Å². The van der Waals surface area contributed by atoms with Crippen molar-refractivity contribution in [2.24, 2.45) is 5.92 Å². The monoisotopic (exact) mass is 990 g/mol. The van der Waals surface area contributed by atoms with Crippen molar-refractivity contribution in [3.8, 4) is 0 Å². The molecule has 0 aromatic carbocycles. The molecule has 0 aliphatic carbocycles. The zero-order chi connectivity index (χ0) is 49.7. The van der Waals surface area contributed by atoms with Crippen LogP contribution in [0.2, 0.25) is 36.3 Å². The molecule has 0 spiro atoms. The average molecular weight is 991 g/mol. The highest BCUT2D eigenvalue weighted by molar-refractivity contribution is 7.54. The van der Waals surface area contributed by atoms with Crippen LogP contribution in [-0.4, -0.2) is 109 Å². The summed E-state index contributed by atoms with van der Waals surface area (Å²) in [5, 5.41) is 8.88. The van der Waals surface area contributed by atoms with Gasteiger partial charge in [0, 0.05) is 19.4 Å². The second-order valence-electron chi connectivity index (χ2n) is 20.5. The summed E-state index contributed by atoms with van der Waals surface area (Å²) in [5.74, 6) is -1.18. The normalized spacial score (nSPS) is 21.6. The van der Waals surface area contributed by atoms with Crippen molar-refractivity contribution in [3.63, 3.8) is 0 Å². The van der Waals surface area contributed by atoms with Gasteiger partial charge in [-0.2, -0.15) is 26.3 Å². The standard InChI is InChI=1S/C46H77F6O10PSi2/c1-33-23-25-56-37(27-33)20-21-41(62-65(12,13)44(7,8)9)40(60-42(54)30-63(55,57-31-45(47,48)49)58-32-46(50,51)52)19-15-18-39(61-64(10,11)43(4,5)6)29-35(3)26-34(2)28-38-17-14-16-36(59-38)22-24-53/h14-16,18,20-21,23,34,36-41,53H,3,17,19,22,24-32H2,1-2,4-13H3/b18-15+,21-20+/t34-,36-,37+,38-,39?,40-,41-/m0/s1. The molecule has 65 heavy (non-hydrogen) atoms. The highest BCUT2D eigenvalue weighted by atomic mass is 31.2. The summed E-state index contributed by atoms with van der Waals surface area (Å²) in [6.07, 6.45) is 2.10. The Kier molecular flexibility index (Phi) is 22.9. The van der Waals surface area contributed by atoms with Gasteiger partial charge >= 0.3 is 25.9 Å². The molecule has 0 fully saturated rings. The van der Waals surface area contributed by atoms with Crippen LogP contribution in [0.3, 0.4) is 0 Å². The SMILES string of the molecule is C=C(CC(/C=C/C[C@H](OC(=O)CP(=O)(OCC(F)(F)F)OCC(F)(F)F)[C@H](/C=C/[C@@H]1CC(C)=CCO1)O[Si](C)(C)C(C)(C)C)O[Si](C)(C)C(C)(C)C)C[C@H](C)C[C@@H]1CC=C[C@@H](CCO)O1. The van der Waals surface area contributed by atoms with Crippen LogP contribution in [0.5, 0.6) is 0 Å². The highest BCUT2D eigenvalue weighted by Gasteiger charge is 2.44. The van der Waals surface area contributed by atoms with Crippen molar-refractivity contribution < 1.29 is 72.9 Å². The third kappa shape index (κ3) is 22.9. The fraction of sp³-hybridized carbons (Fsp3) is 0.761. The third-order valence-corrected chi connectivity index (χ3v) is 22.8. The quantitative estimate of drug-likeness (QED) is 0.0311. The zero-order valence-electron chi connectivity index (χ0n) is 40.6. The topological polar surface area (TPSA) is 119 Å². The van der Waals surface area contributed by atoms with E-state index in [1.54, 1.807) is 18.2 Å². The van der Waals surface area contributed by atoms with E-state index in [0.29, 0.717) is 32.3 Å². The lowest BCUT2D eigenvalue weighted by Gasteiger charge is -2.40. The molecule has 2 aliphatic heterocycles. The van der Waals surface area contributed by atoms with E-state index >= 15 is 0 Å². The Labute approximate surface area is 386 Å². The molecule has 2 aliphatic rings.